The van der Waals surface area contributed by atoms with Gasteiger partial charge in [0.1, 0.15) is 0 Å². The van der Waals surface area contributed by atoms with Crippen molar-refractivity contribution in [3.05, 3.63) is 65.5 Å². The molecule has 0 saturated heterocycles. The molecule has 1 aromatic heterocycles. The molecule has 1 heterocycles. The highest BCUT2D eigenvalue weighted by Gasteiger charge is 2.19. The number of hydrogen-bond donors (Lipinski definition) is 1. The zero-order chi connectivity index (χ0) is 23.8. The smallest absolute Gasteiger partial charge is 0.338 e. The lowest BCUT2D eigenvalue weighted by Gasteiger charge is -2.21. The Hall–Kier alpha value is -4.01. The van der Waals surface area contributed by atoms with Crippen molar-refractivity contribution in [1.29, 1.82) is 0 Å². The first-order valence-electron chi connectivity index (χ1n) is 10.6. The number of benzene rings is 2. The second-order valence-electron chi connectivity index (χ2n) is 7.48. The van der Waals surface area contributed by atoms with Gasteiger partial charge in [0.2, 0.25) is 5.91 Å². The molecule has 3 rings (SSSR count). The summed E-state index contributed by atoms with van der Waals surface area (Å²) >= 11 is 0. The molecular weight excluding hydrogens is 424 g/mol. The number of amides is 2. The minimum atomic E-state index is -0.641. The van der Waals surface area contributed by atoms with Crippen molar-refractivity contribution < 1.29 is 23.6 Å². The number of aromatic nitrogens is 2. The third-order valence-corrected chi connectivity index (χ3v) is 4.82. The van der Waals surface area contributed by atoms with Crippen LogP contribution in [0.1, 0.15) is 35.1 Å². The lowest BCUT2D eigenvalue weighted by molar-refractivity contribution is -0.137. The normalized spacial score (nSPS) is 10.5. The van der Waals surface area contributed by atoms with Crippen LogP contribution in [0.4, 0.5) is 5.69 Å². The number of nitrogens with zero attached hydrogens (tertiary/aromatic N) is 3. The summed E-state index contributed by atoms with van der Waals surface area (Å²) < 4.78 is 10.3. The van der Waals surface area contributed by atoms with Gasteiger partial charge in [0.15, 0.2) is 12.4 Å². The predicted molar refractivity (Wildman–Crippen MR) is 121 cm³/mol. The van der Waals surface area contributed by atoms with E-state index in [0.717, 1.165) is 5.56 Å². The fourth-order valence-electron chi connectivity index (χ4n) is 3.10. The second kappa shape index (κ2) is 11.0. The number of nitrogens with one attached hydrogen (secondary N) is 1. The Labute approximate surface area is 191 Å². The summed E-state index contributed by atoms with van der Waals surface area (Å²) in [5, 5.41) is 6.54. The molecule has 0 aliphatic rings. The number of ether oxygens (including phenoxy) is 1. The molecule has 0 saturated carbocycles. The molecule has 0 aliphatic heterocycles. The average Bonchev–Trinajstić information content (AvgIpc) is 3.25. The molecule has 0 atom stereocenters. The van der Waals surface area contributed by atoms with Crippen LogP contribution >= 0.6 is 0 Å². The van der Waals surface area contributed by atoms with Crippen molar-refractivity contribution in [3.63, 3.8) is 0 Å². The molecule has 0 radical (unpaired) electrons. The Balaban J connectivity index is 1.54. The van der Waals surface area contributed by atoms with Crippen LogP contribution < -0.4 is 5.32 Å². The Bertz CT molecular complexity index is 1120. The van der Waals surface area contributed by atoms with E-state index in [0.29, 0.717) is 35.9 Å². The van der Waals surface area contributed by atoms with Gasteiger partial charge < -0.3 is 19.5 Å². The number of esters is 1. The van der Waals surface area contributed by atoms with Gasteiger partial charge in [-0.2, -0.15) is 4.98 Å². The molecule has 0 bridgehead atoms. The molecule has 9 heteroatoms. The van der Waals surface area contributed by atoms with Crippen LogP contribution in [0.5, 0.6) is 0 Å². The summed E-state index contributed by atoms with van der Waals surface area (Å²) in [7, 11) is 0. The van der Waals surface area contributed by atoms with Crippen LogP contribution in [-0.2, 0) is 14.3 Å². The molecule has 0 unspecified atom stereocenters. The zero-order valence-corrected chi connectivity index (χ0v) is 18.8. The summed E-state index contributed by atoms with van der Waals surface area (Å²) in [5.74, 6) is -0.539. The summed E-state index contributed by atoms with van der Waals surface area (Å²) in [5.41, 5.74) is 2.56. The zero-order valence-electron chi connectivity index (χ0n) is 18.8. The summed E-state index contributed by atoms with van der Waals surface area (Å²) in [4.78, 5) is 42.9. The van der Waals surface area contributed by atoms with Crippen LogP contribution in [0.2, 0.25) is 0 Å². The number of para-hydroxylation sites is 1. The van der Waals surface area contributed by atoms with Gasteiger partial charge >= 0.3 is 5.97 Å². The monoisotopic (exact) mass is 450 g/mol. The Kier molecular flexibility index (Phi) is 7.91. The lowest BCUT2D eigenvalue weighted by Crippen LogP contribution is -2.40. The molecule has 33 heavy (non-hydrogen) atoms. The Morgan fingerprint density at radius 3 is 2.42 bits per heavy atom. The standard InChI is InChI=1S/C24H26N4O5/c1-4-13-28(14-21(29)26-20-8-6-5-7-16(20)2)22(30)15-32-24(31)19-11-9-18(10-12-19)23-25-17(3)27-33-23/h5-12H,4,13-15H2,1-3H3,(H,26,29). The predicted octanol–water partition coefficient (Wildman–Crippen LogP) is 3.39. The number of anilines is 1. The molecule has 172 valence electrons. The number of rotatable bonds is 9. The highest BCUT2D eigenvalue weighted by atomic mass is 16.5. The largest absolute Gasteiger partial charge is 0.452 e. The molecule has 9 nitrogen and oxygen atoms in total. The van der Waals surface area contributed by atoms with Crippen molar-refractivity contribution in [1.82, 2.24) is 15.0 Å². The number of aryl methyl sites for hydroxylation is 2. The van der Waals surface area contributed by atoms with E-state index in [2.05, 4.69) is 15.5 Å². The SMILES string of the molecule is CCCN(CC(=O)Nc1ccccc1C)C(=O)COC(=O)c1ccc(-c2nc(C)no2)cc1. The summed E-state index contributed by atoms with van der Waals surface area (Å²) in [6, 6.07) is 13.8. The van der Waals surface area contributed by atoms with E-state index in [1.807, 2.05) is 32.0 Å². The van der Waals surface area contributed by atoms with Crippen LogP contribution in [0.3, 0.4) is 0 Å². The highest BCUT2D eigenvalue weighted by molar-refractivity contribution is 5.96. The third-order valence-electron chi connectivity index (χ3n) is 4.82. The van der Waals surface area contributed by atoms with E-state index in [-0.39, 0.29) is 18.0 Å². The van der Waals surface area contributed by atoms with E-state index < -0.39 is 18.5 Å². The molecule has 2 aromatic carbocycles. The summed E-state index contributed by atoms with van der Waals surface area (Å²) in [6.07, 6.45) is 0.661. The van der Waals surface area contributed by atoms with E-state index in [1.165, 1.54) is 4.90 Å². The Morgan fingerprint density at radius 2 is 1.79 bits per heavy atom. The van der Waals surface area contributed by atoms with E-state index in [4.69, 9.17) is 9.26 Å². The number of carbonyl (C=O) groups is 3. The minimum absolute atomic E-state index is 0.128. The quantitative estimate of drug-likeness (QED) is 0.497. The van der Waals surface area contributed by atoms with Crippen LogP contribution in [0.25, 0.3) is 11.5 Å². The molecule has 3 aromatic rings. The van der Waals surface area contributed by atoms with Gasteiger partial charge in [-0.05, 0) is 56.2 Å². The third kappa shape index (κ3) is 6.49. The van der Waals surface area contributed by atoms with Gasteiger partial charge in [-0.3, -0.25) is 9.59 Å². The minimum Gasteiger partial charge on any atom is -0.452 e. The maximum absolute atomic E-state index is 12.6. The molecule has 0 fully saturated rings. The van der Waals surface area contributed by atoms with Gasteiger partial charge in [-0.25, -0.2) is 4.79 Å². The molecule has 0 aliphatic carbocycles. The highest BCUT2D eigenvalue weighted by Crippen LogP contribution is 2.18. The van der Waals surface area contributed by atoms with Crippen LogP contribution in [0.15, 0.2) is 53.1 Å². The summed E-state index contributed by atoms with van der Waals surface area (Å²) in [6.45, 7) is 5.29. The van der Waals surface area contributed by atoms with Crippen LogP contribution in [0, 0.1) is 13.8 Å². The number of carbonyl (C=O) groups excluding carboxylic acids is 3. The van der Waals surface area contributed by atoms with Crippen molar-refractivity contribution in [2.75, 3.05) is 25.0 Å². The van der Waals surface area contributed by atoms with Gasteiger partial charge in [-0.1, -0.05) is 30.3 Å². The first-order valence-corrected chi connectivity index (χ1v) is 10.6. The fraction of sp³-hybridized carbons (Fsp3) is 0.292. The topological polar surface area (TPSA) is 115 Å². The molecule has 1 N–H and O–H groups in total. The van der Waals surface area contributed by atoms with Gasteiger partial charge in [0.25, 0.3) is 11.8 Å². The van der Waals surface area contributed by atoms with Gasteiger partial charge in [-0.15, -0.1) is 0 Å². The van der Waals surface area contributed by atoms with Crippen molar-refractivity contribution in [2.45, 2.75) is 27.2 Å². The lowest BCUT2D eigenvalue weighted by atomic mass is 10.1. The Morgan fingerprint density at radius 1 is 1.06 bits per heavy atom. The van der Waals surface area contributed by atoms with Crippen LogP contribution in [-0.4, -0.2) is 52.5 Å². The first kappa shape index (κ1) is 23.6. The average molecular weight is 450 g/mol. The molecule has 2 amide bonds. The van der Waals surface area contributed by atoms with E-state index in [1.54, 1.807) is 37.3 Å². The maximum atomic E-state index is 12.6. The van der Waals surface area contributed by atoms with E-state index >= 15 is 0 Å². The van der Waals surface area contributed by atoms with Gasteiger partial charge in [0, 0.05) is 17.8 Å². The molecule has 0 spiro atoms. The van der Waals surface area contributed by atoms with Crippen molar-refractivity contribution >= 4 is 23.5 Å². The van der Waals surface area contributed by atoms with Crippen molar-refractivity contribution in [3.8, 4) is 11.5 Å². The van der Waals surface area contributed by atoms with Crippen molar-refractivity contribution in [2.24, 2.45) is 0 Å². The fourth-order valence-corrected chi connectivity index (χ4v) is 3.10. The van der Waals surface area contributed by atoms with E-state index in [9.17, 15) is 14.4 Å². The maximum Gasteiger partial charge on any atom is 0.338 e. The number of hydrogen-bond acceptors (Lipinski definition) is 7. The molecular formula is C24H26N4O5. The first-order chi connectivity index (χ1) is 15.9. The van der Waals surface area contributed by atoms with Gasteiger partial charge in [0.05, 0.1) is 12.1 Å². The second-order valence-corrected chi connectivity index (χ2v) is 7.48.